The van der Waals surface area contributed by atoms with Crippen LogP contribution in [0.3, 0.4) is 0 Å². The van der Waals surface area contributed by atoms with E-state index in [1.54, 1.807) is 24.3 Å². The van der Waals surface area contributed by atoms with Crippen molar-refractivity contribution in [2.24, 2.45) is 0 Å². The molecule has 2 rings (SSSR count). The molecule has 0 amide bonds. The molecular weight excluding hydrogens is 228 g/mol. The van der Waals surface area contributed by atoms with Crippen molar-refractivity contribution < 1.29 is 18.9 Å². The van der Waals surface area contributed by atoms with E-state index in [2.05, 4.69) is 10.2 Å². The Hall–Kier alpha value is -1.47. The zero-order valence-electron chi connectivity index (χ0n) is 8.38. The Labute approximate surface area is 93.4 Å². The van der Waals surface area contributed by atoms with E-state index < -0.39 is 10.5 Å². The first-order valence-corrected chi connectivity index (χ1v) is 5.93. The van der Waals surface area contributed by atoms with Crippen LogP contribution in [0, 0.1) is 0 Å². The molecule has 6 heteroatoms. The van der Waals surface area contributed by atoms with Crippen LogP contribution in [-0.4, -0.2) is 0 Å². The molecule has 0 aliphatic carbocycles. The highest BCUT2D eigenvalue weighted by Crippen LogP contribution is 2.31. The number of fused-ring (bicyclic) bond motifs is 1. The number of anilines is 1. The first-order chi connectivity index (χ1) is 7.56. The molecule has 1 unspecified atom stereocenters. The SMILES string of the molecule is Nc1ccc2ccccc2c1[S+]([O])(=O)O[NH3+]. The van der Waals surface area contributed by atoms with Gasteiger partial charge in [-0.15, -0.1) is 0 Å². The summed E-state index contributed by atoms with van der Waals surface area (Å²) in [5, 5.41) is 1.32. The van der Waals surface area contributed by atoms with Gasteiger partial charge >= 0.3 is 10.5 Å². The van der Waals surface area contributed by atoms with Crippen molar-refractivity contribution in [2.75, 3.05) is 5.73 Å². The second-order valence-corrected chi connectivity index (χ2v) is 4.83. The minimum atomic E-state index is -3.89. The quantitative estimate of drug-likeness (QED) is 0.458. The molecule has 2 aromatic rings. The largest absolute Gasteiger partial charge is 0.485 e. The summed E-state index contributed by atoms with van der Waals surface area (Å²) >= 11 is 0. The van der Waals surface area contributed by atoms with Gasteiger partial charge in [0.05, 0.1) is 14.5 Å². The zero-order chi connectivity index (χ0) is 11.8. The van der Waals surface area contributed by atoms with E-state index in [0.29, 0.717) is 5.39 Å². The van der Waals surface area contributed by atoms with E-state index in [0.717, 1.165) is 5.39 Å². The maximum atomic E-state index is 11.7. The monoisotopic (exact) mass is 239 g/mol. The summed E-state index contributed by atoms with van der Waals surface area (Å²) in [6.07, 6.45) is 0. The smallest absolute Gasteiger partial charge is 0.394 e. The third kappa shape index (κ3) is 1.68. The Morgan fingerprint density at radius 2 is 1.88 bits per heavy atom. The van der Waals surface area contributed by atoms with Crippen LogP contribution in [0.5, 0.6) is 0 Å². The molecule has 0 saturated carbocycles. The molecule has 83 valence electrons. The van der Waals surface area contributed by atoms with Gasteiger partial charge in [-0.3, -0.25) is 0 Å². The van der Waals surface area contributed by atoms with Crippen molar-refractivity contribution in [3.05, 3.63) is 36.4 Å². The van der Waals surface area contributed by atoms with E-state index in [-0.39, 0.29) is 10.6 Å². The summed E-state index contributed by atoms with van der Waals surface area (Å²) in [7, 11) is -3.89. The molecule has 1 radical (unpaired) electrons. The molecule has 0 saturated heterocycles. The first kappa shape index (κ1) is 11.0. The molecule has 0 aliphatic heterocycles. The van der Waals surface area contributed by atoms with Crippen LogP contribution in [0.25, 0.3) is 10.8 Å². The molecular formula is C10H11N2O3S+2. The minimum absolute atomic E-state index is 0.0272. The molecule has 0 bridgehead atoms. The Morgan fingerprint density at radius 1 is 1.19 bits per heavy atom. The number of nitrogens with two attached hydrogens (primary N) is 1. The van der Waals surface area contributed by atoms with Crippen molar-refractivity contribution in [2.45, 2.75) is 4.90 Å². The summed E-state index contributed by atoms with van der Waals surface area (Å²) in [6.45, 7) is 0. The number of quaternary nitrogens is 1. The van der Waals surface area contributed by atoms with Crippen molar-refractivity contribution in [1.29, 1.82) is 0 Å². The van der Waals surface area contributed by atoms with Gasteiger partial charge in [-0.05, 0) is 21.7 Å². The van der Waals surface area contributed by atoms with E-state index >= 15 is 0 Å². The molecule has 2 aromatic carbocycles. The summed E-state index contributed by atoms with van der Waals surface area (Å²) in [5.74, 6) is 2.94. The second kappa shape index (κ2) is 3.84. The summed E-state index contributed by atoms with van der Waals surface area (Å²) in [5.41, 5.74) is 5.82. The molecule has 5 nitrogen and oxygen atoms in total. The minimum Gasteiger partial charge on any atom is -0.394 e. The molecule has 16 heavy (non-hydrogen) atoms. The lowest BCUT2D eigenvalue weighted by Crippen LogP contribution is -2.52. The lowest BCUT2D eigenvalue weighted by atomic mass is 10.1. The predicted molar refractivity (Wildman–Crippen MR) is 59.3 cm³/mol. The first-order valence-electron chi connectivity index (χ1n) is 4.52. The summed E-state index contributed by atoms with van der Waals surface area (Å²) < 4.78 is 27.6. The van der Waals surface area contributed by atoms with Gasteiger partial charge in [-0.2, -0.15) is 5.90 Å². The summed E-state index contributed by atoms with van der Waals surface area (Å²) in [6, 6.07) is 10.3. The van der Waals surface area contributed by atoms with Crippen LogP contribution in [0.15, 0.2) is 41.3 Å². The van der Waals surface area contributed by atoms with Gasteiger partial charge in [0.2, 0.25) is 0 Å². The summed E-state index contributed by atoms with van der Waals surface area (Å²) in [4.78, 5) is -0.0272. The molecule has 0 aliphatic rings. The van der Waals surface area contributed by atoms with Gasteiger partial charge in [0.25, 0.3) is 4.90 Å². The van der Waals surface area contributed by atoms with Gasteiger partial charge in [-0.1, -0.05) is 24.3 Å². The average molecular weight is 239 g/mol. The van der Waals surface area contributed by atoms with Crippen LogP contribution in [0.2, 0.25) is 0 Å². The van der Waals surface area contributed by atoms with Gasteiger partial charge in [-0.25, -0.2) is 0 Å². The average Bonchev–Trinajstić information content (AvgIpc) is 2.28. The maximum absolute atomic E-state index is 11.7. The van der Waals surface area contributed by atoms with E-state index in [9.17, 15) is 8.76 Å². The normalized spacial score (nSPS) is 14.9. The Bertz CT molecular complexity index is 585. The molecule has 0 spiro atoms. The third-order valence-corrected chi connectivity index (χ3v) is 3.58. The van der Waals surface area contributed by atoms with E-state index in [4.69, 9.17) is 5.73 Å². The predicted octanol–water partition coefficient (Wildman–Crippen LogP) is 0.714. The van der Waals surface area contributed by atoms with Crippen LogP contribution in [0.1, 0.15) is 0 Å². The highest BCUT2D eigenvalue weighted by atomic mass is 32.3. The van der Waals surface area contributed by atoms with Crippen molar-refractivity contribution in [3.63, 3.8) is 0 Å². The number of hydrogen-bond donors (Lipinski definition) is 2. The van der Waals surface area contributed by atoms with E-state index in [1.807, 2.05) is 6.07 Å². The van der Waals surface area contributed by atoms with Crippen LogP contribution >= 0.6 is 0 Å². The molecule has 0 fully saturated rings. The molecule has 0 aromatic heterocycles. The zero-order valence-corrected chi connectivity index (χ0v) is 9.20. The van der Waals surface area contributed by atoms with Crippen LogP contribution < -0.4 is 11.6 Å². The maximum Gasteiger partial charge on any atom is 0.485 e. The third-order valence-electron chi connectivity index (χ3n) is 2.32. The fourth-order valence-electron chi connectivity index (χ4n) is 1.60. The number of rotatable bonds is 2. The van der Waals surface area contributed by atoms with Crippen molar-refractivity contribution in [3.8, 4) is 0 Å². The second-order valence-electron chi connectivity index (χ2n) is 3.28. The van der Waals surface area contributed by atoms with Gasteiger partial charge in [0.1, 0.15) is 0 Å². The van der Waals surface area contributed by atoms with Crippen LogP contribution in [0.4, 0.5) is 5.69 Å². The molecule has 0 heterocycles. The highest BCUT2D eigenvalue weighted by Gasteiger charge is 2.41. The topological polar surface area (TPSA) is 99.9 Å². The lowest BCUT2D eigenvalue weighted by molar-refractivity contribution is -0.637. The fraction of sp³-hybridized carbons (Fsp3) is 0. The molecule has 5 N–H and O–H groups in total. The number of benzene rings is 2. The molecule has 1 atom stereocenters. The van der Waals surface area contributed by atoms with Gasteiger partial charge in [0.15, 0.2) is 0 Å². The van der Waals surface area contributed by atoms with Crippen molar-refractivity contribution in [1.82, 2.24) is 0 Å². The fourth-order valence-corrected chi connectivity index (χ4v) is 2.53. The van der Waals surface area contributed by atoms with Crippen molar-refractivity contribution >= 4 is 27.0 Å². The Balaban J connectivity index is 2.86. The van der Waals surface area contributed by atoms with Gasteiger partial charge in [0, 0.05) is 5.39 Å². The van der Waals surface area contributed by atoms with Crippen LogP contribution in [-0.2, 0) is 23.5 Å². The standard InChI is InChI=1S/C10H11N2O3S/c11-9-6-5-7-3-1-2-4-8(7)10(9)16(13,14)15-12/h1-6H,11H2,12H3/q+2. The Morgan fingerprint density at radius 3 is 2.56 bits per heavy atom. The lowest BCUT2D eigenvalue weighted by Gasteiger charge is -2.03. The van der Waals surface area contributed by atoms with E-state index in [1.165, 1.54) is 6.07 Å². The van der Waals surface area contributed by atoms with Gasteiger partial charge < -0.3 is 5.73 Å². The highest BCUT2D eigenvalue weighted by molar-refractivity contribution is 7.93. The number of hydrogen-bond acceptors (Lipinski definition) is 3. The number of nitrogen functional groups attached to an aromatic ring is 1. The Kier molecular flexibility index (Phi) is 2.64.